The van der Waals surface area contributed by atoms with Crippen LogP contribution in [0.4, 0.5) is 22.7 Å². The number of benzene rings is 4. The van der Waals surface area contributed by atoms with Gasteiger partial charge in [0.1, 0.15) is 0 Å². The van der Waals surface area contributed by atoms with E-state index in [2.05, 4.69) is 30.7 Å². The summed E-state index contributed by atoms with van der Waals surface area (Å²) in [4.78, 5) is 24.5. The molecule has 0 spiro atoms. The first-order valence-electron chi connectivity index (χ1n) is 14.8. The summed E-state index contributed by atoms with van der Waals surface area (Å²) in [5, 5.41) is 54.6. The van der Waals surface area contributed by atoms with Crippen LogP contribution in [0.3, 0.4) is 0 Å². The van der Waals surface area contributed by atoms with E-state index in [4.69, 9.17) is 10.3 Å². The van der Waals surface area contributed by atoms with Gasteiger partial charge in [0.05, 0.1) is 43.9 Å². The summed E-state index contributed by atoms with van der Waals surface area (Å²) in [5.41, 5.74) is 0.759. The molecule has 2 aromatic heterocycles. The van der Waals surface area contributed by atoms with Crippen LogP contribution in [-0.4, -0.2) is 36.4 Å². The van der Waals surface area contributed by atoms with Crippen molar-refractivity contribution in [3.05, 3.63) is 129 Å². The summed E-state index contributed by atoms with van der Waals surface area (Å²) in [7, 11) is -7.97. The maximum Gasteiger partial charge on any atom is 2.00 e. The van der Waals surface area contributed by atoms with Gasteiger partial charge in [0.25, 0.3) is 11.1 Å². The van der Waals surface area contributed by atoms with Gasteiger partial charge in [0.15, 0.2) is 11.4 Å². The van der Waals surface area contributed by atoms with Crippen LogP contribution in [0.25, 0.3) is 11.4 Å². The molecule has 0 aliphatic carbocycles. The number of nitrogens with zero attached hydrogens (tertiary/aromatic N) is 6. The van der Waals surface area contributed by atoms with Crippen molar-refractivity contribution in [3.63, 3.8) is 0 Å². The van der Waals surface area contributed by atoms with Crippen LogP contribution in [0.2, 0.25) is 0 Å². The number of primary sulfonamides is 2. The van der Waals surface area contributed by atoms with Gasteiger partial charge in [-0.2, -0.15) is 10.2 Å². The number of sulfonamides is 2. The molecule has 0 fully saturated rings. The van der Waals surface area contributed by atoms with E-state index in [0.29, 0.717) is 22.8 Å². The summed E-state index contributed by atoms with van der Waals surface area (Å²) in [6, 6.07) is 24.0. The number of nitrogens with one attached hydrogen (secondary N) is 2. The molecule has 18 nitrogen and oxygen atoms in total. The fraction of sp³-hybridized carbons (Fsp3) is 0.0625. The zero-order valence-electron chi connectivity index (χ0n) is 29.5. The van der Waals surface area contributed by atoms with E-state index in [-0.39, 0.29) is 97.7 Å². The molecule has 6 N–H and O–H groups in total. The van der Waals surface area contributed by atoms with Gasteiger partial charge in [0.2, 0.25) is 20.0 Å². The summed E-state index contributed by atoms with van der Waals surface area (Å²) in [6.45, 7) is 3.27. The predicted octanol–water partition coefficient (Wildman–Crippen LogP) is -2.77. The van der Waals surface area contributed by atoms with Crippen LogP contribution in [0.1, 0.15) is 11.4 Å². The van der Waals surface area contributed by atoms with Crippen LogP contribution in [-0.2, 0) is 36.8 Å². The number of rotatable bonds is 8. The molecule has 6 aromatic rings. The number of aromatic nitrogens is 4. The Morgan fingerprint density at radius 2 is 0.909 bits per heavy atom. The Labute approximate surface area is 358 Å². The zero-order chi connectivity index (χ0) is 37.8. The van der Waals surface area contributed by atoms with Crippen molar-refractivity contribution in [1.29, 1.82) is 0 Å². The maximum atomic E-state index is 12.5. The Kier molecular flexibility index (Phi) is 16.6. The standard InChI is InChI=1S/2C16H15N5O4S.Co.Li.Na/c2*1-10-15(16(23)21(20-10)11-5-3-2-4-6-11)19-18-13-9-12(26(17,24)25)7-8-14(13)22;;;/h2*2-9,20,22H,1H3,(H2,17,24,25);;;/q;;+2;2*+1/p-2. The molecular weight excluding hydrogens is 805 g/mol. The molecule has 0 saturated carbocycles. The van der Waals surface area contributed by atoms with Gasteiger partial charge in [-0.25, -0.2) is 36.5 Å². The molecule has 0 unspecified atom stereocenters. The number of hydrogen-bond donors (Lipinski definition) is 4. The average molecular weight is 834 g/mol. The second-order valence-electron chi connectivity index (χ2n) is 10.9. The van der Waals surface area contributed by atoms with Crippen LogP contribution in [0.5, 0.6) is 11.5 Å². The van der Waals surface area contributed by atoms with Gasteiger partial charge in [-0.3, -0.25) is 19.8 Å². The van der Waals surface area contributed by atoms with Crippen molar-refractivity contribution in [1.82, 2.24) is 19.6 Å². The van der Waals surface area contributed by atoms with Crippen molar-refractivity contribution < 1.29 is 92.2 Å². The molecule has 0 aliphatic heterocycles. The third-order valence-electron chi connectivity index (χ3n) is 7.14. The first-order chi connectivity index (χ1) is 24.5. The first-order valence-corrected chi connectivity index (χ1v) is 17.9. The van der Waals surface area contributed by atoms with Crippen molar-refractivity contribution >= 4 is 42.8 Å². The van der Waals surface area contributed by atoms with E-state index in [1.54, 1.807) is 62.4 Å². The van der Waals surface area contributed by atoms with Crippen LogP contribution in [0.15, 0.2) is 137 Å². The average Bonchev–Trinajstić information content (AvgIpc) is 3.56. The number of aryl methyl sites for hydroxylation is 2. The van der Waals surface area contributed by atoms with E-state index in [1.165, 1.54) is 9.36 Å². The molecule has 4 aromatic carbocycles. The summed E-state index contributed by atoms with van der Waals surface area (Å²) in [6.07, 6.45) is 0. The number of nitrogens with two attached hydrogens (primary N) is 2. The fourth-order valence-corrected chi connectivity index (χ4v) is 5.61. The SMILES string of the molecule is Cc1[nH]n(-c2ccccc2)c(=O)c1N=Nc1cc(S(N)(=O)=O)ccc1[O-].Cc1[nH]n(-c2ccccc2)c(=O)c1N=Nc1cc(S(N)(=O)=O)ccc1[O-].[Co+2].[Li+].[Na+]. The van der Waals surface area contributed by atoms with E-state index in [0.717, 1.165) is 36.4 Å². The Bertz CT molecular complexity index is 2500. The summed E-state index contributed by atoms with van der Waals surface area (Å²) in [5.74, 6) is -1.09. The topological polar surface area (TPSA) is 291 Å². The van der Waals surface area contributed by atoms with E-state index >= 15 is 0 Å². The quantitative estimate of drug-likeness (QED) is 0.0917. The van der Waals surface area contributed by atoms with Crippen LogP contribution in [0, 0.1) is 13.8 Å². The fourth-order valence-electron chi connectivity index (χ4n) is 4.54. The molecule has 55 heavy (non-hydrogen) atoms. The zero-order valence-corrected chi connectivity index (χ0v) is 34.2. The minimum absolute atomic E-state index is 0. The number of H-pyrrole nitrogens is 2. The van der Waals surface area contributed by atoms with E-state index < -0.39 is 42.7 Å². The Morgan fingerprint density at radius 1 is 0.582 bits per heavy atom. The van der Waals surface area contributed by atoms with Gasteiger partial charge >= 0.3 is 65.2 Å². The number of hydrogen-bond acceptors (Lipinski definition) is 12. The minimum atomic E-state index is -3.99. The molecular formula is C32H28CoLiN10NaO8S2+2. The van der Waals surface area contributed by atoms with E-state index in [9.17, 15) is 36.6 Å². The molecule has 23 heteroatoms. The second-order valence-corrected chi connectivity index (χ2v) is 14.0. The Hall–Kier alpha value is -4.38. The summed E-state index contributed by atoms with van der Waals surface area (Å²) >= 11 is 0. The van der Waals surface area contributed by atoms with Gasteiger partial charge in [0, 0.05) is 0 Å². The Morgan fingerprint density at radius 3 is 1.22 bits per heavy atom. The molecule has 0 saturated heterocycles. The largest absolute Gasteiger partial charge is 2.00 e. The first kappa shape index (κ1) is 46.8. The van der Waals surface area contributed by atoms with Crippen molar-refractivity contribution in [2.75, 3.05) is 0 Å². The van der Waals surface area contributed by atoms with Gasteiger partial charge in [-0.15, -0.1) is 10.2 Å². The monoisotopic (exact) mass is 833 g/mol. The molecule has 275 valence electrons. The van der Waals surface area contributed by atoms with Crippen molar-refractivity contribution in [2.45, 2.75) is 23.6 Å². The van der Waals surface area contributed by atoms with Gasteiger partial charge in [-0.05, 0) is 62.4 Å². The second kappa shape index (κ2) is 19.5. The molecule has 0 atom stereocenters. The van der Waals surface area contributed by atoms with Crippen LogP contribution < -0.4 is 80.0 Å². The molecule has 0 aliphatic rings. The molecule has 1 radical (unpaired) electrons. The smallest absolute Gasteiger partial charge is 0.871 e. The molecule has 0 amide bonds. The number of para-hydroxylation sites is 2. The van der Waals surface area contributed by atoms with Gasteiger partial charge in [-0.1, -0.05) is 60.0 Å². The summed E-state index contributed by atoms with van der Waals surface area (Å²) < 4.78 is 48.1. The maximum absolute atomic E-state index is 12.5. The number of aromatic amines is 2. The molecule has 6 rings (SSSR count). The van der Waals surface area contributed by atoms with Gasteiger partial charge < -0.3 is 10.2 Å². The van der Waals surface area contributed by atoms with Crippen molar-refractivity contribution in [2.24, 2.45) is 30.7 Å². The molecule has 0 bridgehead atoms. The van der Waals surface area contributed by atoms with Crippen LogP contribution >= 0.6 is 0 Å². The predicted molar refractivity (Wildman–Crippen MR) is 185 cm³/mol. The Balaban J connectivity index is 0.000000360. The van der Waals surface area contributed by atoms with E-state index in [1.807, 2.05) is 12.1 Å². The van der Waals surface area contributed by atoms with Crippen molar-refractivity contribution in [3.8, 4) is 22.9 Å². The molecule has 2 heterocycles. The third-order valence-corrected chi connectivity index (χ3v) is 8.96. The minimum Gasteiger partial charge on any atom is -0.871 e. The third kappa shape index (κ3) is 11.3. The normalized spacial score (nSPS) is 11.3. The number of azo groups is 2.